The lowest BCUT2D eigenvalue weighted by Gasteiger charge is -2.27. The molecular weight excluding hydrogens is 428 g/mol. The number of piperidine rings is 1. The van der Waals surface area contributed by atoms with Crippen molar-refractivity contribution in [1.29, 1.82) is 0 Å². The van der Waals surface area contributed by atoms with Gasteiger partial charge in [-0.2, -0.15) is 13.2 Å². The summed E-state index contributed by atoms with van der Waals surface area (Å²) in [4.78, 5) is 2.04. The van der Waals surface area contributed by atoms with Crippen molar-refractivity contribution in [3.63, 3.8) is 0 Å². The summed E-state index contributed by atoms with van der Waals surface area (Å²) in [7, 11) is 1.96. The van der Waals surface area contributed by atoms with Gasteiger partial charge in [-0.25, -0.2) is 4.39 Å². The number of nitrogen functional groups attached to an aromatic ring is 1. The van der Waals surface area contributed by atoms with Crippen LogP contribution in [0.15, 0.2) is 18.2 Å². The van der Waals surface area contributed by atoms with Gasteiger partial charge in [-0.05, 0) is 57.5 Å². The Balaban J connectivity index is 0.000000260. The van der Waals surface area contributed by atoms with Crippen LogP contribution in [0, 0.1) is 0 Å². The number of phenolic OH excluding ortho intramolecular Hbond substituents is 1. The third-order valence-electron chi connectivity index (χ3n) is 6.19. The number of nitrogens with two attached hydrogens (primary N) is 1. The van der Waals surface area contributed by atoms with Crippen LogP contribution in [0.5, 0.6) is 5.75 Å². The van der Waals surface area contributed by atoms with E-state index in [1.165, 1.54) is 6.07 Å². The van der Waals surface area contributed by atoms with Crippen molar-refractivity contribution in [1.82, 2.24) is 15.1 Å². The molecule has 6 nitrogen and oxygen atoms in total. The Morgan fingerprint density at radius 2 is 1.97 bits per heavy atom. The largest absolute Gasteiger partial charge is 0.507 e. The highest BCUT2D eigenvalue weighted by Gasteiger charge is 2.48. The number of halogens is 4. The SMILES string of the molecule is CN1CCCC(F)C1.Nc1nnc(-c2ccc(C(F)(F)F)cc2O)c2c1CC1(CC1)OC2. The maximum Gasteiger partial charge on any atom is 0.416 e. The summed E-state index contributed by atoms with van der Waals surface area (Å²) in [5, 5.41) is 18.0. The molecule has 2 fully saturated rings. The maximum atomic E-state index is 12.7. The molecule has 2 aliphatic heterocycles. The quantitative estimate of drug-likeness (QED) is 0.631. The van der Waals surface area contributed by atoms with E-state index in [-0.39, 0.29) is 17.8 Å². The monoisotopic (exact) mass is 454 g/mol. The van der Waals surface area contributed by atoms with Gasteiger partial charge >= 0.3 is 6.18 Å². The Hall–Kier alpha value is -2.46. The van der Waals surface area contributed by atoms with Gasteiger partial charge < -0.3 is 20.5 Å². The number of anilines is 1. The van der Waals surface area contributed by atoms with E-state index in [0.717, 1.165) is 43.9 Å². The molecule has 1 aromatic carbocycles. The van der Waals surface area contributed by atoms with E-state index in [1.54, 1.807) is 0 Å². The number of rotatable bonds is 1. The highest BCUT2D eigenvalue weighted by Crippen LogP contribution is 2.49. The van der Waals surface area contributed by atoms with Crippen LogP contribution in [0.25, 0.3) is 11.3 Å². The second kappa shape index (κ2) is 8.47. The number of fused-ring (bicyclic) bond motifs is 1. The molecule has 0 amide bonds. The average Bonchev–Trinajstić information content (AvgIpc) is 3.47. The van der Waals surface area contributed by atoms with Crippen LogP contribution in [-0.2, 0) is 23.9 Å². The summed E-state index contributed by atoms with van der Waals surface area (Å²) < 4.78 is 56.5. The normalized spacial score (nSPS) is 22.1. The minimum Gasteiger partial charge on any atom is -0.507 e. The van der Waals surface area contributed by atoms with Crippen LogP contribution in [0.3, 0.4) is 0 Å². The number of hydrogen-bond donors (Lipinski definition) is 2. The molecule has 1 atom stereocenters. The molecule has 1 saturated heterocycles. The molecule has 1 aromatic heterocycles. The van der Waals surface area contributed by atoms with Crippen molar-refractivity contribution in [2.45, 2.75) is 56.7 Å². The van der Waals surface area contributed by atoms with Crippen molar-refractivity contribution >= 4 is 5.82 Å². The molecular formula is C22H26F4N4O2. The number of ether oxygens (including phenoxy) is 1. The first-order valence-electron chi connectivity index (χ1n) is 10.6. The predicted molar refractivity (Wildman–Crippen MR) is 111 cm³/mol. The fourth-order valence-corrected chi connectivity index (χ4v) is 4.16. The molecule has 1 unspecified atom stereocenters. The van der Waals surface area contributed by atoms with E-state index < -0.39 is 23.7 Å². The summed E-state index contributed by atoms with van der Waals surface area (Å²) in [6.45, 7) is 1.96. The second-order valence-corrected chi connectivity index (χ2v) is 8.77. The van der Waals surface area contributed by atoms with E-state index in [0.29, 0.717) is 36.1 Å². The number of aromatic nitrogens is 2. The first kappa shape index (κ1) is 22.7. The minimum absolute atomic E-state index is 0.177. The van der Waals surface area contributed by atoms with Gasteiger partial charge in [-0.1, -0.05) is 0 Å². The molecule has 32 heavy (non-hydrogen) atoms. The van der Waals surface area contributed by atoms with Gasteiger partial charge in [0.05, 0.1) is 17.8 Å². The summed E-state index contributed by atoms with van der Waals surface area (Å²) in [5.74, 6) is -0.201. The zero-order valence-corrected chi connectivity index (χ0v) is 17.8. The average molecular weight is 454 g/mol. The van der Waals surface area contributed by atoms with Crippen molar-refractivity contribution < 1.29 is 27.4 Å². The molecule has 3 aliphatic rings. The van der Waals surface area contributed by atoms with Crippen LogP contribution >= 0.6 is 0 Å². The van der Waals surface area contributed by atoms with Crippen molar-refractivity contribution in [3.05, 3.63) is 34.9 Å². The molecule has 5 rings (SSSR count). The fraction of sp³-hybridized carbons (Fsp3) is 0.545. The number of likely N-dealkylation sites (tertiary alicyclic amines) is 1. The summed E-state index contributed by atoms with van der Waals surface area (Å²) in [6.07, 6.45) is -0.776. The molecule has 2 aromatic rings. The Labute approximate surface area is 183 Å². The zero-order valence-electron chi connectivity index (χ0n) is 17.8. The first-order chi connectivity index (χ1) is 15.1. The summed E-state index contributed by atoms with van der Waals surface area (Å²) in [5.41, 5.74) is 6.79. The first-order valence-corrected chi connectivity index (χ1v) is 10.6. The van der Waals surface area contributed by atoms with E-state index in [2.05, 4.69) is 10.2 Å². The third-order valence-corrected chi connectivity index (χ3v) is 6.19. The molecule has 0 radical (unpaired) electrons. The topological polar surface area (TPSA) is 84.5 Å². The molecule has 10 heteroatoms. The van der Waals surface area contributed by atoms with Crippen LogP contribution in [0.2, 0.25) is 0 Å². The molecule has 3 heterocycles. The lowest BCUT2D eigenvalue weighted by atomic mass is 9.94. The number of hydrogen-bond acceptors (Lipinski definition) is 6. The molecule has 1 aliphatic carbocycles. The maximum absolute atomic E-state index is 12.7. The third kappa shape index (κ3) is 4.80. The van der Waals surface area contributed by atoms with Crippen molar-refractivity contribution in [2.24, 2.45) is 0 Å². The van der Waals surface area contributed by atoms with Crippen LogP contribution in [0.4, 0.5) is 23.4 Å². The van der Waals surface area contributed by atoms with Gasteiger partial charge in [0.15, 0.2) is 0 Å². The zero-order chi connectivity index (χ0) is 23.1. The van der Waals surface area contributed by atoms with Crippen LogP contribution in [-0.4, -0.2) is 52.1 Å². The van der Waals surface area contributed by atoms with Gasteiger partial charge in [0.2, 0.25) is 0 Å². The van der Waals surface area contributed by atoms with Crippen molar-refractivity contribution in [3.8, 4) is 17.0 Å². The molecule has 174 valence electrons. The number of nitrogens with zero attached hydrogens (tertiary/aromatic N) is 3. The van der Waals surface area contributed by atoms with Gasteiger partial charge in [0, 0.05) is 29.7 Å². The van der Waals surface area contributed by atoms with Gasteiger partial charge in [-0.3, -0.25) is 0 Å². The molecule has 3 N–H and O–H groups in total. The Bertz CT molecular complexity index is 987. The Kier molecular flexibility index (Phi) is 6.02. The summed E-state index contributed by atoms with van der Waals surface area (Å²) in [6, 6.07) is 2.79. The highest BCUT2D eigenvalue weighted by molar-refractivity contribution is 5.72. The number of benzene rings is 1. The van der Waals surface area contributed by atoms with Gasteiger partial charge in [0.25, 0.3) is 0 Å². The fourth-order valence-electron chi connectivity index (χ4n) is 4.16. The lowest BCUT2D eigenvalue weighted by molar-refractivity contribution is -0.137. The smallest absolute Gasteiger partial charge is 0.416 e. The Morgan fingerprint density at radius 3 is 2.53 bits per heavy atom. The van der Waals surface area contributed by atoms with E-state index >= 15 is 0 Å². The predicted octanol–water partition coefficient (Wildman–Crippen LogP) is 4.11. The van der Waals surface area contributed by atoms with Gasteiger partial charge in [-0.15, -0.1) is 10.2 Å². The Morgan fingerprint density at radius 1 is 1.22 bits per heavy atom. The van der Waals surface area contributed by atoms with E-state index in [1.807, 2.05) is 11.9 Å². The van der Waals surface area contributed by atoms with E-state index in [4.69, 9.17) is 10.5 Å². The van der Waals surface area contributed by atoms with E-state index in [9.17, 15) is 22.7 Å². The second-order valence-electron chi connectivity index (χ2n) is 8.77. The lowest BCUT2D eigenvalue weighted by Crippen LogP contribution is -2.32. The number of phenols is 1. The molecule has 1 spiro atoms. The van der Waals surface area contributed by atoms with Gasteiger partial charge in [0.1, 0.15) is 23.4 Å². The van der Waals surface area contributed by atoms with Crippen LogP contribution < -0.4 is 5.73 Å². The number of aromatic hydroxyl groups is 1. The summed E-state index contributed by atoms with van der Waals surface area (Å²) >= 11 is 0. The standard InChI is InChI=1S/C16H14F3N3O2.C6H12FN/c17-16(18,19)8-1-2-9(12(23)5-8)13-11-7-24-15(3-4-15)6-10(11)14(20)22-21-13;1-8-4-2-3-6(7)5-8/h1-2,5,23H,3-4,6-7H2,(H2,20,22);6H,2-5H2,1H3. The van der Waals surface area contributed by atoms with Crippen molar-refractivity contribution in [2.75, 3.05) is 25.9 Å². The molecule has 0 bridgehead atoms. The molecule has 1 saturated carbocycles. The minimum atomic E-state index is -4.52. The number of alkyl halides is 4. The van der Waals surface area contributed by atoms with Crippen LogP contribution in [0.1, 0.15) is 42.4 Å². The highest BCUT2D eigenvalue weighted by atomic mass is 19.4.